The number of rotatable bonds is 4. The van der Waals surface area contributed by atoms with E-state index in [1.165, 1.54) is 13.0 Å². The van der Waals surface area contributed by atoms with Gasteiger partial charge in [-0.15, -0.1) is 4.73 Å². The van der Waals surface area contributed by atoms with Crippen LogP contribution in [0.2, 0.25) is 0 Å². The molecule has 0 aliphatic heterocycles. The second-order valence-electron chi connectivity index (χ2n) is 5.01. The second-order valence-corrected chi connectivity index (χ2v) is 5.01. The number of nitrogens with one attached hydrogen (secondary N) is 1. The number of hydrogen-bond acceptors (Lipinski definition) is 4. The summed E-state index contributed by atoms with van der Waals surface area (Å²) in [5.41, 5.74) is 1.33. The van der Waals surface area contributed by atoms with Gasteiger partial charge in [0, 0.05) is 24.6 Å². The third-order valence-corrected chi connectivity index (χ3v) is 3.25. The van der Waals surface area contributed by atoms with Crippen molar-refractivity contribution in [3.05, 3.63) is 70.6 Å². The molecule has 23 heavy (non-hydrogen) atoms. The van der Waals surface area contributed by atoms with E-state index >= 15 is 0 Å². The van der Waals surface area contributed by atoms with Gasteiger partial charge in [0.25, 0.3) is 5.56 Å². The monoisotopic (exact) mass is 309 g/mol. The maximum atomic E-state index is 12.3. The lowest BCUT2D eigenvalue weighted by Crippen LogP contribution is -2.28. The Balaban J connectivity index is 2.02. The lowest BCUT2D eigenvalue weighted by Gasteiger charge is -2.13. The highest BCUT2D eigenvalue weighted by atomic mass is 16.7. The topological polar surface area (TPSA) is 73.2 Å². The summed E-state index contributed by atoms with van der Waals surface area (Å²) in [6.07, 6.45) is 1.57. The van der Waals surface area contributed by atoms with Gasteiger partial charge in [0.05, 0.1) is 5.69 Å². The van der Waals surface area contributed by atoms with Crippen LogP contribution in [0.1, 0.15) is 12.5 Å². The summed E-state index contributed by atoms with van der Waals surface area (Å²) in [6, 6.07) is 14.4. The summed E-state index contributed by atoms with van der Waals surface area (Å²) >= 11 is 0. The maximum Gasteiger partial charge on any atom is 0.287 e. The molecule has 3 rings (SSSR count). The molecule has 0 atom stereocenters. The van der Waals surface area contributed by atoms with Crippen LogP contribution in [0.5, 0.6) is 0 Å². The van der Waals surface area contributed by atoms with Crippen LogP contribution in [-0.2, 0) is 11.4 Å². The number of aromatic nitrogens is 2. The fraction of sp³-hybridized carbons (Fsp3) is 0.118. The molecular formula is C17H15N3O3. The Kier molecular flexibility index (Phi) is 4.05. The van der Waals surface area contributed by atoms with Crippen molar-refractivity contribution in [1.82, 2.24) is 9.71 Å². The Morgan fingerprint density at radius 3 is 2.74 bits per heavy atom. The number of anilines is 1. The molecule has 1 aromatic carbocycles. The van der Waals surface area contributed by atoms with Gasteiger partial charge in [0.2, 0.25) is 5.91 Å². The smallest absolute Gasteiger partial charge is 0.287 e. The predicted octanol–water partition coefficient (Wildman–Crippen LogP) is 1.98. The number of benzene rings is 1. The van der Waals surface area contributed by atoms with Gasteiger partial charge in [-0.1, -0.05) is 30.3 Å². The van der Waals surface area contributed by atoms with Crippen molar-refractivity contribution in [3.63, 3.8) is 0 Å². The number of pyridine rings is 2. The summed E-state index contributed by atoms with van der Waals surface area (Å²) in [4.78, 5) is 33.4. The molecule has 1 amide bonds. The molecule has 0 spiro atoms. The molecule has 0 fully saturated rings. The molecule has 0 aliphatic carbocycles. The zero-order valence-electron chi connectivity index (χ0n) is 12.5. The summed E-state index contributed by atoms with van der Waals surface area (Å²) in [6.45, 7) is 1.63. The third kappa shape index (κ3) is 3.21. The molecule has 0 saturated heterocycles. The molecule has 3 aromatic rings. The average molecular weight is 309 g/mol. The lowest BCUT2D eigenvalue weighted by atomic mass is 10.2. The van der Waals surface area contributed by atoms with Gasteiger partial charge in [0.15, 0.2) is 5.65 Å². The van der Waals surface area contributed by atoms with Crippen molar-refractivity contribution in [2.45, 2.75) is 13.5 Å². The zero-order valence-corrected chi connectivity index (χ0v) is 12.5. The lowest BCUT2D eigenvalue weighted by molar-refractivity contribution is -0.114. The zero-order chi connectivity index (χ0) is 16.2. The Hall–Kier alpha value is -3.15. The number of fused-ring (bicyclic) bond motifs is 1. The largest absolute Gasteiger partial charge is 0.404 e. The first kappa shape index (κ1) is 14.8. The van der Waals surface area contributed by atoms with Gasteiger partial charge in [0.1, 0.15) is 6.61 Å². The van der Waals surface area contributed by atoms with Crippen LogP contribution in [0.15, 0.2) is 59.5 Å². The van der Waals surface area contributed by atoms with E-state index in [0.717, 1.165) is 10.3 Å². The van der Waals surface area contributed by atoms with Crippen molar-refractivity contribution < 1.29 is 9.63 Å². The van der Waals surface area contributed by atoms with Crippen molar-refractivity contribution in [1.29, 1.82) is 0 Å². The summed E-state index contributed by atoms with van der Waals surface area (Å²) in [7, 11) is 0. The van der Waals surface area contributed by atoms with Crippen LogP contribution in [0.25, 0.3) is 11.0 Å². The molecule has 0 aliphatic rings. The molecule has 6 nitrogen and oxygen atoms in total. The SMILES string of the molecule is CC(=O)Nc1cc(=O)n(OCc2ccccc2)c2ncccc12. The molecule has 0 radical (unpaired) electrons. The molecule has 0 bridgehead atoms. The minimum Gasteiger partial charge on any atom is -0.404 e. The van der Waals surface area contributed by atoms with Crippen molar-refractivity contribution in [3.8, 4) is 0 Å². The van der Waals surface area contributed by atoms with Crippen LogP contribution in [-0.4, -0.2) is 15.6 Å². The van der Waals surface area contributed by atoms with E-state index in [1.807, 2.05) is 30.3 Å². The van der Waals surface area contributed by atoms with Gasteiger partial charge < -0.3 is 10.2 Å². The van der Waals surface area contributed by atoms with Crippen molar-refractivity contribution >= 4 is 22.6 Å². The fourth-order valence-electron chi connectivity index (χ4n) is 2.26. The van der Waals surface area contributed by atoms with Crippen LogP contribution in [0.3, 0.4) is 0 Å². The van der Waals surface area contributed by atoms with Gasteiger partial charge in [-0.3, -0.25) is 9.59 Å². The van der Waals surface area contributed by atoms with E-state index < -0.39 is 5.56 Å². The van der Waals surface area contributed by atoms with Crippen LogP contribution in [0, 0.1) is 0 Å². The van der Waals surface area contributed by atoms with E-state index in [0.29, 0.717) is 16.7 Å². The van der Waals surface area contributed by atoms with Crippen molar-refractivity contribution in [2.24, 2.45) is 0 Å². The minimum absolute atomic E-state index is 0.242. The molecule has 2 heterocycles. The number of nitrogens with zero attached hydrogens (tertiary/aromatic N) is 2. The van der Waals surface area contributed by atoms with E-state index in [-0.39, 0.29) is 12.5 Å². The van der Waals surface area contributed by atoms with Gasteiger partial charge in [-0.05, 0) is 17.7 Å². The predicted molar refractivity (Wildman–Crippen MR) is 87.0 cm³/mol. The van der Waals surface area contributed by atoms with Gasteiger partial charge >= 0.3 is 0 Å². The number of carbonyl (C=O) groups excluding carboxylic acids is 1. The summed E-state index contributed by atoms with van der Waals surface area (Å²) in [5, 5.41) is 3.28. The Morgan fingerprint density at radius 2 is 2.00 bits per heavy atom. The molecule has 0 unspecified atom stereocenters. The maximum absolute atomic E-state index is 12.3. The first-order chi connectivity index (χ1) is 11.1. The number of amides is 1. The van der Waals surface area contributed by atoms with Crippen LogP contribution in [0.4, 0.5) is 5.69 Å². The van der Waals surface area contributed by atoms with E-state index in [2.05, 4.69) is 10.3 Å². The summed E-state index contributed by atoms with van der Waals surface area (Å²) < 4.78 is 1.15. The molecule has 116 valence electrons. The van der Waals surface area contributed by atoms with Crippen LogP contribution < -0.4 is 15.7 Å². The number of hydrogen-bond donors (Lipinski definition) is 1. The minimum atomic E-state index is -0.393. The molecule has 0 saturated carbocycles. The van der Waals surface area contributed by atoms with E-state index in [4.69, 9.17) is 4.84 Å². The average Bonchev–Trinajstić information content (AvgIpc) is 2.55. The first-order valence-corrected chi connectivity index (χ1v) is 7.11. The summed E-state index contributed by atoms with van der Waals surface area (Å²) in [5.74, 6) is -0.252. The Bertz CT molecular complexity index is 904. The van der Waals surface area contributed by atoms with Crippen molar-refractivity contribution in [2.75, 3.05) is 5.32 Å². The van der Waals surface area contributed by atoms with E-state index in [1.54, 1.807) is 18.3 Å². The fourth-order valence-corrected chi connectivity index (χ4v) is 2.26. The molecule has 6 heteroatoms. The third-order valence-electron chi connectivity index (χ3n) is 3.25. The quantitative estimate of drug-likeness (QED) is 0.800. The van der Waals surface area contributed by atoms with Gasteiger partial charge in [-0.2, -0.15) is 0 Å². The molecular weight excluding hydrogens is 294 g/mol. The van der Waals surface area contributed by atoms with E-state index in [9.17, 15) is 9.59 Å². The first-order valence-electron chi connectivity index (χ1n) is 7.11. The highest BCUT2D eigenvalue weighted by Crippen LogP contribution is 2.19. The van der Waals surface area contributed by atoms with Gasteiger partial charge in [-0.25, -0.2) is 4.98 Å². The highest BCUT2D eigenvalue weighted by molar-refractivity contribution is 5.98. The Labute approximate surface area is 132 Å². The standard InChI is InChI=1S/C17H15N3O3/c1-12(21)19-15-10-16(22)20(17-14(15)8-5-9-18-17)23-11-13-6-3-2-4-7-13/h2-10H,11H2,1H3,(H,19,21). The second kappa shape index (κ2) is 6.31. The molecule has 2 aromatic heterocycles. The van der Waals surface area contributed by atoms with Crippen LogP contribution >= 0.6 is 0 Å². The Morgan fingerprint density at radius 1 is 1.22 bits per heavy atom. The normalized spacial score (nSPS) is 10.5. The highest BCUT2D eigenvalue weighted by Gasteiger charge is 2.11. The molecule has 1 N–H and O–H groups in total. The number of carbonyl (C=O) groups is 1.